The van der Waals surface area contributed by atoms with Gasteiger partial charge in [-0.15, -0.1) is 0 Å². The van der Waals surface area contributed by atoms with Crippen LogP contribution in [0.5, 0.6) is 5.75 Å². The maximum absolute atomic E-state index is 12.9. The number of nitrogens with two attached hydrogens (primary N) is 1. The van der Waals surface area contributed by atoms with Crippen molar-refractivity contribution in [3.63, 3.8) is 0 Å². The Bertz CT molecular complexity index is 1140. The van der Waals surface area contributed by atoms with Gasteiger partial charge in [-0.1, -0.05) is 12.1 Å². The number of pyridine rings is 2. The van der Waals surface area contributed by atoms with Crippen molar-refractivity contribution in [3.8, 4) is 5.75 Å². The molecule has 30 heavy (non-hydrogen) atoms. The van der Waals surface area contributed by atoms with Gasteiger partial charge in [0.1, 0.15) is 0 Å². The lowest BCUT2D eigenvalue weighted by atomic mass is 9.97. The molecule has 0 bridgehead atoms. The van der Waals surface area contributed by atoms with Crippen LogP contribution in [0, 0.1) is 0 Å². The Hall–Kier alpha value is -3.68. The zero-order chi connectivity index (χ0) is 21.3. The summed E-state index contributed by atoms with van der Waals surface area (Å²) >= 11 is 0. The van der Waals surface area contributed by atoms with Crippen molar-refractivity contribution in [2.45, 2.75) is 12.6 Å². The predicted molar refractivity (Wildman–Crippen MR) is 109 cm³/mol. The van der Waals surface area contributed by atoms with Gasteiger partial charge in [0.2, 0.25) is 0 Å². The largest absolute Gasteiger partial charge is 0.493 e. The second kappa shape index (κ2) is 7.62. The number of nitrogen functional groups attached to an aromatic ring is 1. The maximum atomic E-state index is 12.9. The van der Waals surface area contributed by atoms with Gasteiger partial charge in [-0.05, 0) is 41.5 Å². The number of hydrogen-bond donors (Lipinski definition) is 1. The van der Waals surface area contributed by atoms with Crippen molar-refractivity contribution < 1.29 is 17.9 Å². The SMILES string of the molecule is COc1cc(C2=C(c3ccncc3)N=C(c3ccc(C(F)(F)F)cc3)C2)cnc1N. The number of benzene rings is 1. The van der Waals surface area contributed by atoms with Gasteiger partial charge in [-0.25, -0.2) is 4.98 Å². The first-order valence-corrected chi connectivity index (χ1v) is 9.05. The highest BCUT2D eigenvalue weighted by Gasteiger charge is 2.30. The summed E-state index contributed by atoms with van der Waals surface area (Å²) in [5.74, 6) is 0.714. The molecule has 0 saturated heterocycles. The van der Waals surface area contributed by atoms with Gasteiger partial charge in [0.05, 0.1) is 24.1 Å². The third-order valence-electron chi connectivity index (χ3n) is 4.83. The van der Waals surface area contributed by atoms with Crippen LogP contribution in [0.15, 0.2) is 66.0 Å². The van der Waals surface area contributed by atoms with Crippen LogP contribution in [0.25, 0.3) is 11.3 Å². The Morgan fingerprint density at radius 2 is 1.67 bits per heavy atom. The second-order valence-electron chi connectivity index (χ2n) is 6.68. The van der Waals surface area contributed by atoms with E-state index >= 15 is 0 Å². The first-order valence-electron chi connectivity index (χ1n) is 9.05. The lowest BCUT2D eigenvalue weighted by Gasteiger charge is -2.10. The van der Waals surface area contributed by atoms with Crippen molar-refractivity contribution in [3.05, 3.63) is 83.3 Å². The fourth-order valence-electron chi connectivity index (χ4n) is 3.28. The molecule has 1 aliphatic rings. The highest BCUT2D eigenvalue weighted by molar-refractivity contribution is 6.16. The van der Waals surface area contributed by atoms with E-state index in [9.17, 15) is 13.2 Å². The molecule has 0 aliphatic carbocycles. The number of ether oxygens (including phenoxy) is 1. The zero-order valence-electron chi connectivity index (χ0n) is 15.9. The quantitative estimate of drug-likeness (QED) is 0.668. The summed E-state index contributed by atoms with van der Waals surface area (Å²) in [6.07, 6.45) is 1.01. The third kappa shape index (κ3) is 3.76. The van der Waals surface area contributed by atoms with Gasteiger partial charge >= 0.3 is 6.18 Å². The average Bonchev–Trinajstić information content (AvgIpc) is 3.20. The number of hydrogen-bond acceptors (Lipinski definition) is 5. The van der Waals surface area contributed by atoms with Gasteiger partial charge < -0.3 is 10.5 Å². The van der Waals surface area contributed by atoms with E-state index in [4.69, 9.17) is 15.5 Å². The molecule has 2 aromatic heterocycles. The number of halogens is 3. The van der Waals surface area contributed by atoms with Crippen molar-refractivity contribution >= 4 is 22.8 Å². The van der Waals surface area contributed by atoms with E-state index < -0.39 is 11.7 Å². The molecule has 0 radical (unpaired) electrons. The minimum atomic E-state index is -4.38. The van der Waals surface area contributed by atoms with Crippen molar-refractivity contribution in [1.82, 2.24) is 9.97 Å². The summed E-state index contributed by atoms with van der Waals surface area (Å²) in [6.45, 7) is 0. The lowest BCUT2D eigenvalue weighted by molar-refractivity contribution is -0.137. The molecule has 1 aromatic carbocycles. The fourth-order valence-corrected chi connectivity index (χ4v) is 3.28. The van der Waals surface area contributed by atoms with Gasteiger partial charge in [-0.2, -0.15) is 13.2 Å². The van der Waals surface area contributed by atoms with Gasteiger partial charge in [0.15, 0.2) is 11.6 Å². The summed E-state index contributed by atoms with van der Waals surface area (Å²) in [5.41, 5.74) is 9.64. The number of nitrogens with zero attached hydrogens (tertiary/aromatic N) is 3. The van der Waals surface area contributed by atoms with E-state index in [0.717, 1.165) is 28.8 Å². The number of anilines is 1. The molecule has 5 nitrogen and oxygen atoms in total. The van der Waals surface area contributed by atoms with Crippen LogP contribution in [0.4, 0.5) is 19.0 Å². The van der Waals surface area contributed by atoms with Gasteiger partial charge in [0.25, 0.3) is 0 Å². The lowest BCUT2D eigenvalue weighted by Crippen LogP contribution is -2.06. The molecule has 3 heterocycles. The molecule has 0 fully saturated rings. The van der Waals surface area contributed by atoms with Crippen LogP contribution in [0.2, 0.25) is 0 Å². The average molecular weight is 410 g/mol. The van der Waals surface area contributed by atoms with Crippen LogP contribution >= 0.6 is 0 Å². The summed E-state index contributed by atoms with van der Waals surface area (Å²) in [5, 5.41) is 0. The number of methoxy groups -OCH3 is 1. The Kier molecular flexibility index (Phi) is 4.99. The highest BCUT2D eigenvalue weighted by Crippen LogP contribution is 2.38. The standard InChI is InChI=1S/C22H17F3N4O/c1-30-19-10-15(12-28-21(19)26)17-11-18(29-20(17)14-6-8-27-9-7-14)13-2-4-16(5-3-13)22(23,24)25/h2-10,12H,11H2,1H3,(H2,26,28). The maximum Gasteiger partial charge on any atom is 0.416 e. The smallest absolute Gasteiger partial charge is 0.416 e. The molecule has 1 aliphatic heterocycles. The summed E-state index contributed by atoms with van der Waals surface area (Å²) < 4.78 is 44.0. The highest BCUT2D eigenvalue weighted by atomic mass is 19.4. The second-order valence-corrected chi connectivity index (χ2v) is 6.68. The van der Waals surface area contributed by atoms with E-state index in [-0.39, 0.29) is 5.82 Å². The first-order chi connectivity index (χ1) is 14.4. The molecule has 4 rings (SSSR count). The predicted octanol–water partition coefficient (Wildman–Crippen LogP) is 4.85. The Morgan fingerprint density at radius 1 is 0.967 bits per heavy atom. The van der Waals surface area contributed by atoms with Gasteiger partial charge in [-0.3, -0.25) is 9.98 Å². The summed E-state index contributed by atoms with van der Waals surface area (Å²) in [4.78, 5) is 13.0. The molecule has 0 spiro atoms. The fraction of sp³-hybridized carbons (Fsp3) is 0.136. The Labute approximate surface area is 170 Å². The first kappa shape index (κ1) is 19.6. The van der Waals surface area contributed by atoms with Gasteiger partial charge in [0, 0.05) is 36.1 Å². The Morgan fingerprint density at radius 3 is 2.30 bits per heavy atom. The molecular formula is C22H17F3N4O. The van der Waals surface area contributed by atoms with E-state index in [1.807, 2.05) is 12.1 Å². The number of alkyl halides is 3. The van der Waals surface area contributed by atoms with E-state index in [1.54, 1.807) is 24.7 Å². The molecule has 0 unspecified atom stereocenters. The normalized spacial score (nSPS) is 14.1. The van der Waals surface area contributed by atoms with Crippen LogP contribution in [0.3, 0.4) is 0 Å². The van der Waals surface area contributed by atoms with Crippen LogP contribution in [-0.4, -0.2) is 22.8 Å². The number of allylic oxidation sites excluding steroid dienone is 1. The zero-order valence-corrected chi connectivity index (χ0v) is 15.9. The monoisotopic (exact) mass is 410 g/mol. The summed E-state index contributed by atoms with van der Waals surface area (Å²) in [6, 6.07) is 10.5. The van der Waals surface area contributed by atoms with E-state index in [0.29, 0.717) is 29.1 Å². The van der Waals surface area contributed by atoms with Crippen LogP contribution in [0.1, 0.15) is 28.7 Å². The van der Waals surface area contributed by atoms with Crippen LogP contribution < -0.4 is 10.5 Å². The number of rotatable bonds is 4. The molecule has 0 atom stereocenters. The van der Waals surface area contributed by atoms with Crippen molar-refractivity contribution in [2.75, 3.05) is 12.8 Å². The van der Waals surface area contributed by atoms with Crippen molar-refractivity contribution in [2.24, 2.45) is 4.99 Å². The molecule has 2 N–H and O–H groups in total. The molecule has 8 heteroatoms. The molecule has 3 aromatic rings. The molecule has 152 valence electrons. The minimum absolute atomic E-state index is 0.272. The molecular weight excluding hydrogens is 393 g/mol. The number of aliphatic imine (C=N–C) groups is 1. The minimum Gasteiger partial charge on any atom is -0.493 e. The Balaban J connectivity index is 1.76. The molecule has 0 saturated carbocycles. The van der Waals surface area contributed by atoms with E-state index in [1.165, 1.54) is 19.2 Å². The topological polar surface area (TPSA) is 73.4 Å². The number of aromatic nitrogens is 2. The van der Waals surface area contributed by atoms with Crippen LogP contribution in [-0.2, 0) is 6.18 Å². The third-order valence-corrected chi connectivity index (χ3v) is 4.83. The molecule has 0 amide bonds. The van der Waals surface area contributed by atoms with Crippen molar-refractivity contribution in [1.29, 1.82) is 0 Å². The van der Waals surface area contributed by atoms with E-state index in [2.05, 4.69) is 9.97 Å². The summed E-state index contributed by atoms with van der Waals surface area (Å²) in [7, 11) is 1.51.